The Labute approximate surface area is 176 Å². The zero-order chi connectivity index (χ0) is 20.1. The Morgan fingerprint density at radius 1 is 1.18 bits per heavy atom. The molecule has 0 amide bonds. The van der Waals surface area contributed by atoms with Crippen LogP contribution >= 0.6 is 23.5 Å². The molecule has 0 unspecified atom stereocenters. The summed E-state index contributed by atoms with van der Waals surface area (Å²) in [4.78, 5) is 38.5. The minimum Gasteiger partial charge on any atom is -0.466 e. The minimum atomic E-state index is -0.396. The molecule has 0 radical (unpaired) electrons. The lowest BCUT2D eigenvalue weighted by Gasteiger charge is -2.52. The third-order valence-corrected chi connectivity index (χ3v) is 10.9. The number of carbonyl (C=O) groups is 3. The SMILES string of the molecule is CCOC(=O)CC1=C(C)CC(=O)[C@H]2CC(=O)[C@H]3CC4(C[C@H]3[C@@]12C)SCCCS4. The van der Waals surface area contributed by atoms with Gasteiger partial charge in [0.1, 0.15) is 11.6 Å². The van der Waals surface area contributed by atoms with Gasteiger partial charge in [-0.15, -0.1) is 23.5 Å². The van der Waals surface area contributed by atoms with Crippen molar-refractivity contribution in [2.75, 3.05) is 18.1 Å². The van der Waals surface area contributed by atoms with Gasteiger partial charge in [-0.2, -0.15) is 0 Å². The maximum Gasteiger partial charge on any atom is 0.309 e. The predicted molar refractivity (Wildman–Crippen MR) is 113 cm³/mol. The fraction of sp³-hybridized carbons (Fsp3) is 0.773. The molecule has 1 spiro atoms. The van der Waals surface area contributed by atoms with Crippen LogP contribution in [-0.4, -0.2) is 39.7 Å². The van der Waals surface area contributed by atoms with Crippen LogP contribution < -0.4 is 0 Å². The van der Waals surface area contributed by atoms with Crippen LogP contribution in [0, 0.1) is 23.2 Å². The summed E-state index contributed by atoms with van der Waals surface area (Å²) < 4.78 is 5.37. The molecule has 1 saturated heterocycles. The fourth-order valence-corrected chi connectivity index (χ4v) is 9.74. The lowest BCUT2D eigenvalue weighted by molar-refractivity contribution is -0.146. The Kier molecular flexibility index (Phi) is 5.49. The van der Waals surface area contributed by atoms with Crippen LogP contribution in [0.4, 0.5) is 0 Å². The summed E-state index contributed by atoms with van der Waals surface area (Å²) in [7, 11) is 0. The molecule has 154 valence electrons. The van der Waals surface area contributed by atoms with Crippen LogP contribution in [0.2, 0.25) is 0 Å². The van der Waals surface area contributed by atoms with Crippen molar-refractivity contribution in [3.05, 3.63) is 11.1 Å². The number of Topliss-reactive ketones (excluding diaryl/α,β-unsaturated/α-hetero) is 2. The summed E-state index contributed by atoms with van der Waals surface area (Å²) in [5, 5.41) is 0. The third-order valence-electron chi connectivity index (χ3n) is 7.50. The molecule has 0 aromatic carbocycles. The van der Waals surface area contributed by atoms with E-state index in [1.54, 1.807) is 0 Å². The second-order valence-electron chi connectivity index (χ2n) is 8.97. The number of ether oxygens (including phenoxy) is 1. The summed E-state index contributed by atoms with van der Waals surface area (Å²) in [5.41, 5.74) is 1.71. The van der Waals surface area contributed by atoms with Gasteiger partial charge in [-0.25, -0.2) is 0 Å². The molecule has 4 atom stereocenters. The predicted octanol–water partition coefficient (Wildman–Crippen LogP) is 4.42. The molecule has 0 aromatic rings. The quantitative estimate of drug-likeness (QED) is 0.496. The number of rotatable bonds is 3. The van der Waals surface area contributed by atoms with Crippen LogP contribution in [-0.2, 0) is 19.1 Å². The van der Waals surface area contributed by atoms with Gasteiger partial charge in [0.05, 0.1) is 17.1 Å². The lowest BCUT2D eigenvalue weighted by atomic mass is 9.50. The first-order valence-corrected chi connectivity index (χ1v) is 12.5. The zero-order valence-corrected chi connectivity index (χ0v) is 18.7. The molecular weight excluding hydrogens is 392 g/mol. The summed E-state index contributed by atoms with van der Waals surface area (Å²) in [6.07, 6.45) is 4.10. The highest BCUT2D eigenvalue weighted by molar-refractivity contribution is 8.18. The largest absolute Gasteiger partial charge is 0.466 e. The van der Waals surface area contributed by atoms with Crippen LogP contribution in [0.15, 0.2) is 11.1 Å². The minimum absolute atomic E-state index is 0.0234. The first-order chi connectivity index (χ1) is 13.3. The maximum absolute atomic E-state index is 13.1. The first-order valence-electron chi connectivity index (χ1n) is 10.5. The number of allylic oxidation sites excluding steroid dienone is 1. The summed E-state index contributed by atoms with van der Waals surface area (Å²) in [5.74, 6) is 2.46. The van der Waals surface area contributed by atoms with Gasteiger partial charge < -0.3 is 4.74 Å². The average molecular weight is 423 g/mol. The molecular formula is C22H30O4S2. The van der Waals surface area contributed by atoms with Crippen molar-refractivity contribution < 1.29 is 19.1 Å². The van der Waals surface area contributed by atoms with Crippen LogP contribution in [0.25, 0.3) is 0 Å². The van der Waals surface area contributed by atoms with Crippen LogP contribution in [0.5, 0.6) is 0 Å². The Morgan fingerprint density at radius 2 is 1.89 bits per heavy atom. The molecule has 6 heteroatoms. The molecule has 28 heavy (non-hydrogen) atoms. The molecule has 4 aliphatic rings. The van der Waals surface area contributed by atoms with Crippen molar-refractivity contribution in [3.63, 3.8) is 0 Å². The van der Waals surface area contributed by atoms with Crippen molar-refractivity contribution in [3.8, 4) is 0 Å². The van der Waals surface area contributed by atoms with Gasteiger partial charge in [0.15, 0.2) is 0 Å². The highest BCUT2D eigenvalue weighted by atomic mass is 32.2. The number of hydrogen-bond donors (Lipinski definition) is 0. The Bertz CT molecular complexity index is 737. The van der Waals surface area contributed by atoms with E-state index in [1.807, 2.05) is 37.4 Å². The average Bonchev–Trinajstić information content (AvgIpc) is 3.02. The monoisotopic (exact) mass is 422 g/mol. The van der Waals surface area contributed by atoms with Gasteiger partial charge in [0, 0.05) is 30.1 Å². The number of ketones is 2. The van der Waals surface area contributed by atoms with E-state index >= 15 is 0 Å². The third kappa shape index (κ3) is 3.19. The lowest BCUT2D eigenvalue weighted by Crippen LogP contribution is -2.52. The Balaban J connectivity index is 1.74. The van der Waals surface area contributed by atoms with Crippen LogP contribution in [0.3, 0.4) is 0 Å². The van der Waals surface area contributed by atoms with Gasteiger partial charge in [0.25, 0.3) is 0 Å². The van der Waals surface area contributed by atoms with Gasteiger partial charge in [-0.3, -0.25) is 14.4 Å². The molecule has 4 rings (SSSR count). The Morgan fingerprint density at radius 3 is 2.57 bits per heavy atom. The van der Waals surface area contributed by atoms with E-state index < -0.39 is 5.41 Å². The van der Waals surface area contributed by atoms with E-state index in [1.165, 1.54) is 6.42 Å². The number of hydrogen-bond acceptors (Lipinski definition) is 6. The summed E-state index contributed by atoms with van der Waals surface area (Å²) in [6.45, 7) is 6.36. The van der Waals surface area contributed by atoms with Gasteiger partial charge in [-0.05, 0) is 50.5 Å². The highest BCUT2D eigenvalue weighted by Gasteiger charge is 2.63. The normalized spacial score (nSPS) is 37.0. The number of fused-ring (bicyclic) bond motifs is 3. The molecule has 0 bridgehead atoms. The maximum atomic E-state index is 13.1. The van der Waals surface area contributed by atoms with E-state index in [9.17, 15) is 14.4 Å². The number of esters is 1. The molecule has 0 N–H and O–H groups in total. The fourth-order valence-electron chi connectivity index (χ4n) is 6.21. The van der Waals surface area contributed by atoms with E-state index in [-0.39, 0.29) is 45.8 Å². The molecule has 0 aromatic heterocycles. The smallest absolute Gasteiger partial charge is 0.309 e. The second-order valence-corrected chi connectivity index (χ2v) is 12.2. The van der Waals surface area contributed by atoms with Crippen molar-refractivity contribution >= 4 is 41.1 Å². The Hall–Kier alpha value is -0.750. The van der Waals surface area contributed by atoms with Crippen molar-refractivity contribution in [2.45, 2.75) is 63.4 Å². The van der Waals surface area contributed by atoms with Crippen LogP contribution in [0.1, 0.15) is 59.3 Å². The van der Waals surface area contributed by atoms with E-state index in [4.69, 9.17) is 4.74 Å². The number of thioether (sulfide) groups is 2. The van der Waals surface area contributed by atoms with Crippen molar-refractivity contribution in [1.82, 2.24) is 0 Å². The summed E-state index contributed by atoms with van der Waals surface area (Å²) >= 11 is 4.04. The topological polar surface area (TPSA) is 60.4 Å². The second kappa shape index (κ2) is 7.50. The molecule has 1 aliphatic heterocycles. The van der Waals surface area contributed by atoms with E-state index in [2.05, 4.69) is 6.92 Å². The summed E-state index contributed by atoms with van der Waals surface area (Å²) in [6, 6.07) is 0. The van der Waals surface area contributed by atoms with Crippen molar-refractivity contribution in [1.29, 1.82) is 0 Å². The standard InChI is InChI=1S/C22H30O4S2/c1-4-26-20(25)10-15-13(2)8-19(24)16-9-18(23)14-11-22(27-6-5-7-28-22)12-17(14)21(15,16)3/h14,16-17H,4-12H2,1-3H3/t14-,16+,17+,21-/m0/s1. The van der Waals surface area contributed by atoms with E-state index in [0.717, 1.165) is 35.5 Å². The van der Waals surface area contributed by atoms with Crippen molar-refractivity contribution in [2.24, 2.45) is 23.2 Å². The molecule has 3 aliphatic carbocycles. The first kappa shape index (κ1) is 20.5. The number of carbonyl (C=O) groups excluding carboxylic acids is 3. The molecule has 3 fully saturated rings. The molecule has 2 saturated carbocycles. The molecule has 1 heterocycles. The zero-order valence-electron chi connectivity index (χ0n) is 17.0. The van der Waals surface area contributed by atoms with Gasteiger partial charge in [-0.1, -0.05) is 18.1 Å². The molecule has 4 nitrogen and oxygen atoms in total. The van der Waals surface area contributed by atoms with Gasteiger partial charge >= 0.3 is 5.97 Å². The highest BCUT2D eigenvalue weighted by Crippen LogP contribution is 2.67. The van der Waals surface area contributed by atoms with E-state index in [0.29, 0.717) is 19.4 Å². The van der Waals surface area contributed by atoms with Gasteiger partial charge in [0.2, 0.25) is 0 Å².